The van der Waals surface area contributed by atoms with E-state index in [2.05, 4.69) is 10.2 Å². The van der Waals surface area contributed by atoms with Crippen LogP contribution in [0.5, 0.6) is 11.5 Å². The van der Waals surface area contributed by atoms with Crippen molar-refractivity contribution in [3.8, 4) is 11.5 Å². The maximum atomic E-state index is 12.2. The number of fused-ring (bicyclic) bond motifs is 1. The van der Waals surface area contributed by atoms with Crippen LogP contribution in [0.4, 0.5) is 0 Å². The predicted molar refractivity (Wildman–Crippen MR) is 76.6 cm³/mol. The number of likely N-dealkylation sites (N-methyl/N-ethyl adjacent to an activating group) is 1. The number of ether oxygens (including phenoxy) is 2. The molecule has 0 fully saturated rings. The van der Waals surface area contributed by atoms with Crippen LogP contribution in [0.15, 0.2) is 30.3 Å². The van der Waals surface area contributed by atoms with Crippen LogP contribution in [0.25, 0.3) is 0 Å². The van der Waals surface area contributed by atoms with E-state index >= 15 is 0 Å². The van der Waals surface area contributed by atoms with Gasteiger partial charge < -0.3 is 14.4 Å². The molecule has 0 radical (unpaired) electrons. The summed E-state index contributed by atoms with van der Waals surface area (Å²) in [4.78, 5) is 13.8. The third kappa shape index (κ3) is 2.84. The maximum Gasteiger partial charge on any atom is 0.274 e. The fraction of sp³-hybridized carbons (Fsp3) is 0.333. The first-order chi connectivity index (χ1) is 10.1. The van der Waals surface area contributed by atoms with Gasteiger partial charge in [-0.25, -0.2) is 0 Å². The monoisotopic (exact) mass is 287 g/mol. The van der Waals surface area contributed by atoms with Gasteiger partial charge in [-0.2, -0.15) is 5.10 Å². The van der Waals surface area contributed by atoms with Crippen LogP contribution in [-0.4, -0.2) is 47.3 Å². The molecule has 2 aromatic rings. The maximum absolute atomic E-state index is 12.2. The number of aromatic amines is 1. The van der Waals surface area contributed by atoms with Crippen molar-refractivity contribution in [3.05, 3.63) is 41.7 Å². The van der Waals surface area contributed by atoms with Gasteiger partial charge in [-0.15, -0.1) is 0 Å². The molecule has 1 aromatic carbocycles. The lowest BCUT2D eigenvalue weighted by Gasteiger charge is -2.29. The van der Waals surface area contributed by atoms with Gasteiger partial charge in [0, 0.05) is 12.7 Å². The lowest BCUT2D eigenvalue weighted by molar-refractivity contribution is 0.0517. The number of benzene rings is 1. The Kier molecular flexibility index (Phi) is 3.51. The first kappa shape index (κ1) is 13.5. The number of aryl methyl sites for hydroxylation is 1. The topological polar surface area (TPSA) is 67.5 Å². The molecule has 0 unspecified atom stereocenters. The summed E-state index contributed by atoms with van der Waals surface area (Å²) in [6.07, 6.45) is -0.186. The molecule has 0 saturated carbocycles. The quantitative estimate of drug-likeness (QED) is 0.931. The van der Waals surface area contributed by atoms with Crippen LogP contribution < -0.4 is 9.47 Å². The van der Waals surface area contributed by atoms with E-state index in [1.807, 2.05) is 31.2 Å². The predicted octanol–water partition coefficient (Wildman–Crippen LogP) is 1.63. The van der Waals surface area contributed by atoms with Crippen LogP contribution >= 0.6 is 0 Å². The lowest BCUT2D eigenvalue weighted by Crippen LogP contribution is -2.41. The zero-order valence-corrected chi connectivity index (χ0v) is 12.0. The normalized spacial score (nSPS) is 16.6. The summed E-state index contributed by atoms with van der Waals surface area (Å²) in [5, 5.41) is 6.75. The van der Waals surface area contributed by atoms with Crippen LogP contribution in [-0.2, 0) is 0 Å². The Morgan fingerprint density at radius 3 is 2.90 bits per heavy atom. The van der Waals surface area contributed by atoms with Crippen molar-refractivity contribution < 1.29 is 14.3 Å². The molecule has 0 saturated heterocycles. The van der Waals surface area contributed by atoms with E-state index in [0.29, 0.717) is 24.6 Å². The molecule has 2 heterocycles. The van der Waals surface area contributed by atoms with Crippen molar-refractivity contribution in [2.75, 3.05) is 20.2 Å². The van der Waals surface area contributed by atoms with E-state index in [4.69, 9.17) is 9.47 Å². The van der Waals surface area contributed by atoms with Crippen LogP contribution in [0, 0.1) is 6.92 Å². The van der Waals surface area contributed by atoms with Gasteiger partial charge in [0.1, 0.15) is 12.3 Å². The molecule has 6 nitrogen and oxygen atoms in total. The number of H-pyrrole nitrogens is 1. The molecule has 0 aliphatic carbocycles. The molecule has 1 aliphatic rings. The van der Waals surface area contributed by atoms with Gasteiger partial charge in [-0.3, -0.25) is 9.89 Å². The summed E-state index contributed by atoms with van der Waals surface area (Å²) in [5.74, 6) is 1.32. The number of nitrogens with one attached hydrogen (secondary N) is 1. The Labute approximate surface area is 122 Å². The number of hydrogen-bond acceptors (Lipinski definition) is 4. The summed E-state index contributed by atoms with van der Waals surface area (Å²) in [6.45, 7) is 2.73. The molecule has 1 atom stereocenters. The summed E-state index contributed by atoms with van der Waals surface area (Å²) in [5.41, 5.74) is 1.27. The average Bonchev–Trinajstić information content (AvgIpc) is 2.93. The van der Waals surface area contributed by atoms with Gasteiger partial charge in [0.25, 0.3) is 5.91 Å². The molecular weight excluding hydrogens is 270 g/mol. The molecule has 110 valence electrons. The highest BCUT2D eigenvalue weighted by Crippen LogP contribution is 2.30. The second-order valence-electron chi connectivity index (χ2n) is 5.12. The molecule has 1 N–H and O–H groups in total. The standard InChI is InChI=1S/C15H17N3O3/c1-10-7-12(17-16-10)15(19)18(2)8-11-9-20-13-5-3-4-6-14(13)21-11/h3-7,11H,8-9H2,1-2H3,(H,16,17)/t11-/m0/s1. The molecule has 0 bridgehead atoms. The molecule has 21 heavy (non-hydrogen) atoms. The molecule has 0 spiro atoms. The van der Waals surface area contributed by atoms with Crippen molar-refractivity contribution in [2.45, 2.75) is 13.0 Å². The van der Waals surface area contributed by atoms with Crippen molar-refractivity contribution in [1.29, 1.82) is 0 Å². The van der Waals surface area contributed by atoms with Crippen LogP contribution in [0.3, 0.4) is 0 Å². The van der Waals surface area contributed by atoms with Crippen molar-refractivity contribution in [3.63, 3.8) is 0 Å². The van der Waals surface area contributed by atoms with Crippen molar-refractivity contribution in [1.82, 2.24) is 15.1 Å². The highest BCUT2D eigenvalue weighted by Gasteiger charge is 2.24. The summed E-state index contributed by atoms with van der Waals surface area (Å²) < 4.78 is 11.5. The van der Waals surface area contributed by atoms with E-state index < -0.39 is 0 Å². The first-order valence-corrected chi connectivity index (χ1v) is 6.79. The lowest BCUT2D eigenvalue weighted by atomic mass is 10.2. The minimum absolute atomic E-state index is 0.137. The second-order valence-corrected chi connectivity index (χ2v) is 5.12. The third-order valence-electron chi connectivity index (χ3n) is 3.32. The van der Waals surface area contributed by atoms with Crippen LogP contribution in [0.1, 0.15) is 16.2 Å². The van der Waals surface area contributed by atoms with Crippen molar-refractivity contribution in [2.24, 2.45) is 0 Å². The minimum atomic E-state index is -0.186. The van der Waals surface area contributed by atoms with Crippen molar-refractivity contribution >= 4 is 5.91 Å². The summed E-state index contributed by atoms with van der Waals surface area (Å²) in [7, 11) is 1.73. The van der Waals surface area contributed by atoms with Gasteiger partial charge >= 0.3 is 0 Å². The molecule has 3 rings (SSSR count). The third-order valence-corrected chi connectivity index (χ3v) is 3.32. The first-order valence-electron chi connectivity index (χ1n) is 6.79. The average molecular weight is 287 g/mol. The number of carbonyl (C=O) groups excluding carboxylic acids is 1. The van der Waals surface area contributed by atoms with E-state index in [9.17, 15) is 4.79 Å². The van der Waals surface area contributed by atoms with Gasteiger partial charge in [0.15, 0.2) is 17.6 Å². The number of aromatic nitrogens is 2. The summed E-state index contributed by atoms with van der Waals surface area (Å²) in [6, 6.07) is 9.25. The molecular formula is C15H17N3O3. The Hall–Kier alpha value is -2.50. The number of amides is 1. The second kappa shape index (κ2) is 5.47. The number of carbonyl (C=O) groups is 1. The van der Waals surface area contributed by atoms with Gasteiger partial charge in [0.2, 0.25) is 0 Å². The highest BCUT2D eigenvalue weighted by atomic mass is 16.6. The number of hydrogen-bond donors (Lipinski definition) is 1. The zero-order valence-electron chi connectivity index (χ0n) is 12.0. The zero-order chi connectivity index (χ0) is 14.8. The molecule has 1 amide bonds. The minimum Gasteiger partial charge on any atom is -0.486 e. The fourth-order valence-electron chi connectivity index (χ4n) is 2.26. The SMILES string of the molecule is Cc1cc(C(=O)N(C)C[C@H]2COc3ccccc3O2)n[nH]1. The van der Waals surface area contributed by atoms with Gasteiger partial charge in [-0.1, -0.05) is 12.1 Å². The molecule has 1 aliphatic heterocycles. The largest absolute Gasteiger partial charge is 0.486 e. The van der Waals surface area contributed by atoms with Gasteiger partial charge in [-0.05, 0) is 25.1 Å². The Morgan fingerprint density at radius 2 is 2.19 bits per heavy atom. The number of nitrogens with zero attached hydrogens (tertiary/aromatic N) is 2. The highest BCUT2D eigenvalue weighted by molar-refractivity contribution is 5.92. The Bertz CT molecular complexity index is 653. The Morgan fingerprint density at radius 1 is 1.43 bits per heavy atom. The number of rotatable bonds is 3. The Balaban J connectivity index is 1.63. The fourth-order valence-corrected chi connectivity index (χ4v) is 2.26. The molecule has 1 aromatic heterocycles. The van der Waals surface area contributed by atoms with E-state index in [0.717, 1.165) is 11.4 Å². The van der Waals surface area contributed by atoms with Crippen LogP contribution in [0.2, 0.25) is 0 Å². The van der Waals surface area contributed by atoms with Gasteiger partial charge in [0.05, 0.1) is 6.54 Å². The molecule has 6 heteroatoms. The van der Waals surface area contributed by atoms with E-state index in [1.165, 1.54) is 0 Å². The number of para-hydroxylation sites is 2. The smallest absolute Gasteiger partial charge is 0.274 e. The summed E-state index contributed by atoms with van der Waals surface area (Å²) >= 11 is 0. The van der Waals surface area contributed by atoms with E-state index in [1.54, 1.807) is 18.0 Å². The van der Waals surface area contributed by atoms with E-state index in [-0.39, 0.29) is 12.0 Å².